The second-order valence-electron chi connectivity index (χ2n) is 5.42. The summed E-state index contributed by atoms with van der Waals surface area (Å²) in [5, 5.41) is 14.1. The fourth-order valence-corrected chi connectivity index (χ4v) is 2.89. The molecule has 3 rings (SSSR count). The van der Waals surface area contributed by atoms with Crippen LogP contribution in [0.25, 0.3) is 10.9 Å². The van der Waals surface area contributed by atoms with Gasteiger partial charge in [-0.1, -0.05) is 41.9 Å². The number of hydrogen-bond acceptors (Lipinski definition) is 4. The number of pyridine rings is 1. The Labute approximate surface area is 145 Å². The van der Waals surface area contributed by atoms with E-state index < -0.39 is 6.04 Å². The van der Waals surface area contributed by atoms with Crippen molar-refractivity contribution in [1.82, 2.24) is 4.98 Å². The predicted molar refractivity (Wildman–Crippen MR) is 96.5 cm³/mol. The number of para-hydroxylation sites is 3. The van der Waals surface area contributed by atoms with Gasteiger partial charge in [-0.2, -0.15) is 5.26 Å². The largest absolute Gasteiger partial charge is 0.495 e. The second kappa shape index (κ2) is 6.77. The lowest BCUT2D eigenvalue weighted by Crippen LogP contribution is -2.10. The summed E-state index contributed by atoms with van der Waals surface area (Å²) in [4.78, 5) is 4.47. The molecule has 0 aliphatic rings. The molecule has 0 unspecified atom stereocenters. The Kier molecular flexibility index (Phi) is 4.54. The van der Waals surface area contributed by atoms with Crippen LogP contribution in [0.4, 0.5) is 5.69 Å². The highest BCUT2D eigenvalue weighted by atomic mass is 35.5. The standard InChI is InChI=1S/C19H16ClN3O/c1-12-6-5-7-13-10-14(19(20)23-18(12)13)16(11-21)22-15-8-3-4-9-17(15)24-2/h3-10,16,22H,1-2H3/t16-/m0/s1. The number of anilines is 1. The second-order valence-corrected chi connectivity index (χ2v) is 5.78. The van der Waals surface area contributed by atoms with Gasteiger partial charge in [-0.3, -0.25) is 0 Å². The molecule has 0 aliphatic carbocycles. The van der Waals surface area contributed by atoms with Crippen molar-refractivity contribution < 1.29 is 4.74 Å². The molecule has 0 bridgehead atoms. The van der Waals surface area contributed by atoms with Gasteiger partial charge in [0.05, 0.1) is 24.4 Å². The average Bonchev–Trinajstić information content (AvgIpc) is 2.60. The van der Waals surface area contributed by atoms with Crippen LogP contribution in [0.1, 0.15) is 17.2 Å². The number of aromatic nitrogens is 1. The Bertz CT molecular complexity index is 934. The van der Waals surface area contributed by atoms with Crippen molar-refractivity contribution in [3.8, 4) is 11.8 Å². The Morgan fingerprint density at radius 2 is 2.00 bits per heavy atom. The molecule has 1 N–H and O–H groups in total. The number of nitriles is 1. The van der Waals surface area contributed by atoms with Crippen LogP contribution in [-0.4, -0.2) is 12.1 Å². The van der Waals surface area contributed by atoms with Gasteiger partial charge in [0.1, 0.15) is 16.9 Å². The van der Waals surface area contributed by atoms with Gasteiger partial charge in [-0.15, -0.1) is 0 Å². The van der Waals surface area contributed by atoms with Crippen molar-refractivity contribution in [1.29, 1.82) is 5.26 Å². The molecule has 1 atom stereocenters. The van der Waals surface area contributed by atoms with Crippen LogP contribution in [0.15, 0.2) is 48.5 Å². The number of benzene rings is 2. The van der Waals surface area contributed by atoms with Crippen LogP contribution in [-0.2, 0) is 0 Å². The number of fused-ring (bicyclic) bond motifs is 1. The summed E-state index contributed by atoms with van der Waals surface area (Å²) >= 11 is 6.36. The fourth-order valence-electron chi connectivity index (χ4n) is 2.64. The molecule has 2 aromatic carbocycles. The third-order valence-electron chi connectivity index (χ3n) is 3.88. The molecule has 0 fully saturated rings. The number of nitrogens with zero attached hydrogens (tertiary/aromatic N) is 2. The highest BCUT2D eigenvalue weighted by Crippen LogP contribution is 2.32. The quantitative estimate of drug-likeness (QED) is 0.689. The van der Waals surface area contributed by atoms with Crippen LogP contribution in [0.3, 0.4) is 0 Å². The van der Waals surface area contributed by atoms with Gasteiger partial charge >= 0.3 is 0 Å². The van der Waals surface area contributed by atoms with E-state index in [-0.39, 0.29) is 0 Å². The van der Waals surface area contributed by atoms with E-state index >= 15 is 0 Å². The molecule has 0 saturated heterocycles. The zero-order valence-corrected chi connectivity index (χ0v) is 14.1. The van der Waals surface area contributed by atoms with E-state index in [0.717, 1.165) is 22.2 Å². The van der Waals surface area contributed by atoms with Gasteiger partial charge in [-0.25, -0.2) is 4.98 Å². The zero-order chi connectivity index (χ0) is 17.1. The first-order valence-corrected chi connectivity index (χ1v) is 7.86. The summed E-state index contributed by atoms with van der Waals surface area (Å²) in [5.74, 6) is 0.665. The minimum Gasteiger partial charge on any atom is -0.495 e. The molecular weight excluding hydrogens is 322 g/mol. The Morgan fingerprint density at radius 1 is 1.21 bits per heavy atom. The van der Waals surface area contributed by atoms with Gasteiger partial charge in [0.2, 0.25) is 0 Å². The lowest BCUT2D eigenvalue weighted by Gasteiger charge is -2.17. The topological polar surface area (TPSA) is 57.9 Å². The normalized spacial score (nSPS) is 11.8. The highest BCUT2D eigenvalue weighted by Gasteiger charge is 2.18. The van der Waals surface area contributed by atoms with Crippen molar-refractivity contribution in [2.75, 3.05) is 12.4 Å². The number of hydrogen-bond donors (Lipinski definition) is 1. The molecular formula is C19H16ClN3O. The maximum Gasteiger partial charge on any atom is 0.143 e. The van der Waals surface area contributed by atoms with Crippen LogP contribution < -0.4 is 10.1 Å². The van der Waals surface area contributed by atoms with Crippen molar-refractivity contribution in [2.45, 2.75) is 13.0 Å². The van der Waals surface area contributed by atoms with E-state index in [2.05, 4.69) is 16.4 Å². The van der Waals surface area contributed by atoms with E-state index in [4.69, 9.17) is 16.3 Å². The van der Waals surface area contributed by atoms with Crippen LogP contribution >= 0.6 is 11.6 Å². The SMILES string of the molecule is COc1ccccc1N[C@@H](C#N)c1cc2cccc(C)c2nc1Cl. The summed E-state index contributed by atoms with van der Waals surface area (Å²) in [6.07, 6.45) is 0. The minimum atomic E-state index is -0.633. The van der Waals surface area contributed by atoms with Gasteiger partial charge in [-0.05, 0) is 30.7 Å². The predicted octanol–water partition coefficient (Wildman–Crippen LogP) is 4.88. The summed E-state index contributed by atoms with van der Waals surface area (Å²) in [5.41, 5.74) is 3.27. The van der Waals surface area contributed by atoms with Crippen LogP contribution in [0, 0.1) is 18.3 Å². The number of nitrogens with one attached hydrogen (secondary N) is 1. The third-order valence-corrected chi connectivity index (χ3v) is 4.18. The molecule has 3 aromatic rings. The van der Waals surface area contributed by atoms with Gasteiger partial charge in [0.15, 0.2) is 0 Å². The monoisotopic (exact) mass is 337 g/mol. The van der Waals surface area contributed by atoms with E-state index in [1.165, 1.54) is 0 Å². The number of methoxy groups -OCH3 is 1. The molecule has 0 radical (unpaired) electrons. The maximum absolute atomic E-state index is 9.62. The van der Waals surface area contributed by atoms with Crippen LogP contribution in [0.5, 0.6) is 5.75 Å². The molecule has 120 valence electrons. The van der Waals surface area contributed by atoms with E-state index in [0.29, 0.717) is 16.5 Å². The average molecular weight is 338 g/mol. The molecule has 1 heterocycles. The lowest BCUT2D eigenvalue weighted by molar-refractivity contribution is 0.416. The van der Waals surface area contributed by atoms with Crippen molar-refractivity contribution >= 4 is 28.2 Å². The number of rotatable bonds is 4. The summed E-state index contributed by atoms with van der Waals surface area (Å²) in [7, 11) is 1.59. The van der Waals surface area contributed by atoms with Crippen molar-refractivity contribution in [2.24, 2.45) is 0 Å². The third kappa shape index (κ3) is 2.99. The smallest absolute Gasteiger partial charge is 0.143 e. The van der Waals surface area contributed by atoms with Gasteiger partial charge in [0, 0.05) is 10.9 Å². The summed E-state index contributed by atoms with van der Waals surface area (Å²) in [6, 6.07) is 16.9. The molecule has 24 heavy (non-hydrogen) atoms. The molecule has 0 amide bonds. The van der Waals surface area contributed by atoms with Gasteiger partial charge in [0.25, 0.3) is 0 Å². The molecule has 4 nitrogen and oxygen atoms in total. The number of aryl methyl sites for hydroxylation is 1. The van der Waals surface area contributed by atoms with E-state index in [9.17, 15) is 5.26 Å². The molecule has 0 saturated carbocycles. The summed E-state index contributed by atoms with van der Waals surface area (Å²) in [6.45, 7) is 1.99. The number of halogens is 1. The highest BCUT2D eigenvalue weighted by molar-refractivity contribution is 6.30. The molecule has 1 aromatic heterocycles. The number of ether oxygens (including phenoxy) is 1. The Balaban J connectivity index is 2.04. The lowest BCUT2D eigenvalue weighted by atomic mass is 10.0. The van der Waals surface area contributed by atoms with Crippen LogP contribution in [0.2, 0.25) is 5.15 Å². The maximum atomic E-state index is 9.62. The Morgan fingerprint density at radius 3 is 2.75 bits per heavy atom. The minimum absolute atomic E-state index is 0.325. The summed E-state index contributed by atoms with van der Waals surface area (Å²) < 4.78 is 5.32. The van der Waals surface area contributed by atoms with E-state index in [1.807, 2.05) is 55.5 Å². The first kappa shape index (κ1) is 16.1. The van der Waals surface area contributed by atoms with Gasteiger partial charge < -0.3 is 10.1 Å². The van der Waals surface area contributed by atoms with E-state index in [1.54, 1.807) is 7.11 Å². The molecule has 0 spiro atoms. The zero-order valence-electron chi connectivity index (χ0n) is 13.4. The first-order chi connectivity index (χ1) is 11.6. The van der Waals surface area contributed by atoms with Crippen molar-refractivity contribution in [3.05, 3.63) is 64.8 Å². The fraction of sp³-hybridized carbons (Fsp3) is 0.158. The molecule has 0 aliphatic heterocycles. The van der Waals surface area contributed by atoms with Crippen molar-refractivity contribution in [3.63, 3.8) is 0 Å². The molecule has 5 heteroatoms. The Hall–Kier alpha value is -2.77. The first-order valence-electron chi connectivity index (χ1n) is 7.49.